The Labute approximate surface area is 168 Å². The highest BCUT2D eigenvalue weighted by molar-refractivity contribution is 5.78. The Kier molecular flexibility index (Phi) is 5.45. The van der Waals surface area contributed by atoms with Gasteiger partial charge in [-0.1, -0.05) is 0 Å². The topological polar surface area (TPSA) is 70.9 Å². The molecule has 3 aromatic rings. The lowest BCUT2D eigenvalue weighted by atomic mass is 9.87. The molecule has 1 heterocycles. The van der Waals surface area contributed by atoms with Crippen LogP contribution in [-0.2, 0) is 11.2 Å². The summed E-state index contributed by atoms with van der Waals surface area (Å²) in [6.45, 7) is 0. The number of aromatic amines is 1. The molecule has 4 nitrogen and oxygen atoms in total. The molecule has 0 radical (unpaired) electrons. The Morgan fingerprint density at radius 1 is 1.00 bits per heavy atom. The molecule has 1 saturated carbocycles. The molecule has 4 rings (SSSR count). The SMILES string of the molecule is N[C@H]1CC[C@@H]1NC(=O)CCc1cc(-c2ccc(F)cc2)[nH]c1-c1ccc(F)cc1. The average Bonchev–Trinajstić information content (AvgIpc) is 3.14. The standard InChI is InChI=1S/C23H23F2N3O/c24-17-6-1-14(2-7-17)21-13-16(5-12-22(29)27-20-11-10-19(20)26)23(28-21)15-3-8-18(25)9-4-15/h1-4,6-9,13,19-20,28H,5,10-12,26H2,(H,27,29)/t19-,20-/m0/s1. The summed E-state index contributed by atoms with van der Waals surface area (Å²) in [5.41, 5.74) is 10.2. The number of carbonyl (C=O) groups is 1. The quantitative estimate of drug-likeness (QED) is 0.586. The Morgan fingerprint density at radius 2 is 1.62 bits per heavy atom. The molecule has 6 heteroatoms. The lowest BCUT2D eigenvalue weighted by Crippen LogP contribution is -2.54. The summed E-state index contributed by atoms with van der Waals surface area (Å²) in [6, 6.07) is 14.5. The normalized spacial score (nSPS) is 18.3. The van der Waals surface area contributed by atoms with Crippen LogP contribution in [0.3, 0.4) is 0 Å². The summed E-state index contributed by atoms with van der Waals surface area (Å²) in [7, 11) is 0. The van der Waals surface area contributed by atoms with E-state index in [1.807, 2.05) is 6.07 Å². The van der Waals surface area contributed by atoms with Crippen molar-refractivity contribution in [2.24, 2.45) is 5.73 Å². The molecule has 1 amide bonds. The van der Waals surface area contributed by atoms with Crippen molar-refractivity contribution in [2.75, 3.05) is 0 Å². The van der Waals surface area contributed by atoms with Gasteiger partial charge in [0.25, 0.3) is 0 Å². The number of nitrogens with two attached hydrogens (primary N) is 1. The first-order chi connectivity index (χ1) is 14.0. The van der Waals surface area contributed by atoms with Gasteiger partial charge in [0.2, 0.25) is 5.91 Å². The van der Waals surface area contributed by atoms with Crippen molar-refractivity contribution < 1.29 is 13.6 Å². The second-order valence-corrected chi connectivity index (χ2v) is 7.51. The van der Waals surface area contributed by atoms with E-state index in [2.05, 4.69) is 10.3 Å². The van der Waals surface area contributed by atoms with Gasteiger partial charge in [-0.2, -0.15) is 0 Å². The second-order valence-electron chi connectivity index (χ2n) is 7.51. The van der Waals surface area contributed by atoms with Gasteiger partial charge in [0.05, 0.1) is 0 Å². The van der Waals surface area contributed by atoms with Crippen LogP contribution in [0.2, 0.25) is 0 Å². The number of hydrogen-bond acceptors (Lipinski definition) is 2. The van der Waals surface area contributed by atoms with Crippen molar-refractivity contribution in [1.82, 2.24) is 10.3 Å². The Hall–Kier alpha value is -2.99. The number of nitrogens with one attached hydrogen (secondary N) is 2. The van der Waals surface area contributed by atoms with Gasteiger partial charge in [0, 0.05) is 29.9 Å². The van der Waals surface area contributed by atoms with Gasteiger partial charge in [-0.3, -0.25) is 4.79 Å². The predicted octanol–water partition coefficient (Wildman–Crippen LogP) is 4.17. The Balaban J connectivity index is 1.57. The monoisotopic (exact) mass is 395 g/mol. The molecule has 2 aromatic carbocycles. The van der Waals surface area contributed by atoms with Crippen LogP contribution >= 0.6 is 0 Å². The minimum Gasteiger partial charge on any atom is -0.354 e. The van der Waals surface area contributed by atoms with Crippen LogP contribution in [0.5, 0.6) is 0 Å². The van der Waals surface area contributed by atoms with E-state index in [9.17, 15) is 13.6 Å². The van der Waals surface area contributed by atoms with Crippen LogP contribution in [0.4, 0.5) is 8.78 Å². The summed E-state index contributed by atoms with van der Waals surface area (Å²) >= 11 is 0. The molecule has 0 unspecified atom stereocenters. The van der Waals surface area contributed by atoms with Crippen molar-refractivity contribution in [3.05, 3.63) is 71.8 Å². The maximum Gasteiger partial charge on any atom is 0.220 e. The van der Waals surface area contributed by atoms with Gasteiger partial charge in [-0.25, -0.2) is 8.78 Å². The van der Waals surface area contributed by atoms with Crippen molar-refractivity contribution in [2.45, 2.75) is 37.8 Å². The lowest BCUT2D eigenvalue weighted by molar-refractivity contribution is -0.122. The second kappa shape index (κ2) is 8.17. The third kappa shape index (κ3) is 4.38. The van der Waals surface area contributed by atoms with Crippen molar-refractivity contribution in [1.29, 1.82) is 0 Å². The third-order valence-corrected chi connectivity index (χ3v) is 5.48. The van der Waals surface area contributed by atoms with Crippen molar-refractivity contribution in [3.63, 3.8) is 0 Å². The highest BCUT2D eigenvalue weighted by atomic mass is 19.1. The van der Waals surface area contributed by atoms with Crippen LogP contribution in [0, 0.1) is 11.6 Å². The van der Waals surface area contributed by atoms with Gasteiger partial charge in [-0.15, -0.1) is 0 Å². The minimum atomic E-state index is -0.308. The molecule has 1 aliphatic rings. The van der Waals surface area contributed by atoms with Crippen LogP contribution in [0.15, 0.2) is 54.6 Å². The molecule has 29 heavy (non-hydrogen) atoms. The zero-order valence-electron chi connectivity index (χ0n) is 15.9. The van der Waals surface area contributed by atoms with E-state index in [4.69, 9.17) is 5.73 Å². The van der Waals surface area contributed by atoms with E-state index < -0.39 is 0 Å². The Bertz CT molecular complexity index is 996. The summed E-state index contributed by atoms with van der Waals surface area (Å²) in [6.07, 6.45) is 2.72. The molecule has 150 valence electrons. The fourth-order valence-electron chi connectivity index (χ4n) is 3.59. The van der Waals surface area contributed by atoms with Gasteiger partial charge >= 0.3 is 0 Å². The number of benzene rings is 2. The molecule has 1 fully saturated rings. The fraction of sp³-hybridized carbons (Fsp3) is 0.261. The van der Waals surface area contributed by atoms with E-state index in [0.29, 0.717) is 12.8 Å². The van der Waals surface area contributed by atoms with Gasteiger partial charge in [-0.05, 0) is 90.6 Å². The molecular formula is C23H23F2N3O. The molecule has 0 bridgehead atoms. The van der Waals surface area contributed by atoms with E-state index in [0.717, 1.165) is 40.9 Å². The van der Waals surface area contributed by atoms with Crippen LogP contribution in [-0.4, -0.2) is 23.0 Å². The highest BCUT2D eigenvalue weighted by Crippen LogP contribution is 2.30. The smallest absolute Gasteiger partial charge is 0.220 e. The summed E-state index contributed by atoms with van der Waals surface area (Å²) in [5, 5.41) is 2.98. The maximum atomic E-state index is 13.3. The van der Waals surface area contributed by atoms with Crippen molar-refractivity contribution in [3.8, 4) is 22.5 Å². The fourth-order valence-corrected chi connectivity index (χ4v) is 3.59. The average molecular weight is 395 g/mol. The molecular weight excluding hydrogens is 372 g/mol. The number of aryl methyl sites for hydroxylation is 1. The number of amides is 1. The number of halogens is 2. The van der Waals surface area contributed by atoms with Gasteiger partial charge in [0.15, 0.2) is 0 Å². The van der Waals surface area contributed by atoms with E-state index in [1.165, 1.54) is 24.3 Å². The van der Waals surface area contributed by atoms with Crippen LogP contribution in [0.25, 0.3) is 22.5 Å². The molecule has 2 atom stereocenters. The van der Waals surface area contributed by atoms with Gasteiger partial charge in [0.1, 0.15) is 11.6 Å². The van der Waals surface area contributed by atoms with Crippen molar-refractivity contribution >= 4 is 5.91 Å². The van der Waals surface area contributed by atoms with Crippen LogP contribution in [0.1, 0.15) is 24.8 Å². The summed E-state index contributed by atoms with van der Waals surface area (Å²) in [5.74, 6) is -0.637. The molecule has 0 aliphatic heterocycles. The molecule has 0 saturated heterocycles. The van der Waals surface area contributed by atoms with Crippen LogP contribution < -0.4 is 11.1 Å². The number of aromatic nitrogens is 1. The van der Waals surface area contributed by atoms with Gasteiger partial charge < -0.3 is 16.0 Å². The molecule has 4 N–H and O–H groups in total. The largest absolute Gasteiger partial charge is 0.354 e. The highest BCUT2D eigenvalue weighted by Gasteiger charge is 2.28. The number of hydrogen-bond donors (Lipinski definition) is 3. The summed E-state index contributed by atoms with van der Waals surface area (Å²) < 4.78 is 26.6. The zero-order valence-corrected chi connectivity index (χ0v) is 15.9. The number of carbonyl (C=O) groups excluding carboxylic acids is 1. The lowest BCUT2D eigenvalue weighted by Gasteiger charge is -2.34. The molecule has 1 aromatic heterocycles. The van der Waals surface area contributed by atoms with E-state index >= 15 is 0 Å². The third-order valence-electron chi connectivity index (χ3n) is 5.48. The first-order valence-corrected chi connectivity index (χ1v) is 9.78. The first-order valence-electron chi connectivity index (χ1n) is 9.78. The predicted molar refractivity (Wildman–Crippen MR) is 109 cm³/mol. The molecule has 1 aliphatic carbocycles. The summed E-state index contributed by atoms with van der Waals surface area (Å²) in [4.78, 5) is 15.7. The maximum absolute atomic E-state index is 13.3. The zero-order chi connectivity index (χ0) is 20.4. The minimum absolute atomic E-state index is 0.0280. The number of H-pyrrole nitrogens is 1. The number of rotatable bonds is 6. The molecule has 0 spiro atoms. The van der Waals surface area contributed by atoms with E-state index in [1.54, 1.807) is 24.3 Å². The first kappa shape index (κ1) is 19.3. The van der Waals surface area contributed by atoms with E-state index in [-0.39, 0.29) is 29.6 Å². The Morgan fingerprint density at radius 3 is 2.17 bits per heavy atom.